The first-order chi connectivity index (χ1) is 12.1. The summed E-state index contributed by atoms with van der Waals surface area (Å²) in [6, 6.07) is 12.9. The van der Waals surface area contributed by atoms with E-state index in [1.54, 1.807) is 25.3 Å². The SMILES string of the molecule is CCOc1cccc(/C=N/NC(=S)NCc2ccc(OC)cc2)c1O. The molecule has 6 nitrogen and oxygen atoms in total. The summed E-state index contributed by atoms with van der Waals surface area (Å²) < 4.78 is 10.4. The third-order valence-corrected chi connectivity index (χ3v) is 3.55. The Morgan fingerprint density at radius 2 is 2.00 bits per heavy atom. The molecule has 2 rings (SSSR count). The van der Waals surface area contributed by atoms with Gasteiger partial charge in [-0.25, -0.2) is 0 Å². The Balaban J connectivity index is 1.85. The highest BCUT2D eigenvalue weighted by molar-refractivity contribution is 7.80. The van der Waals surface area contributed by atoms with Gasteiger partial charge in [-0.05, 0) is 49.0 Å². The number of aromatic hydroxyl groups is 1. The van der Waals surface area contributed by atoms with Gasteiger partial charge in [0.25, 0.3) is 0 Å². The largest absolute Gasteiger partial charge is 0.504 e. The summed E-state index contributed by atoms with van der Waals surface area (Å²) in [6.07, 6.45) is 1.49. The van der Waals surface area contributed by atoms with Crippen molar-refractivity contribution in [1.82, 2.24) is 10.7 Å². The number of hydrazone groups is 1. The number of benzene rings is 2. The molecule has 7 heteroatoms. The zero-order chi connectivity index (χ0) is 18.1. The number of para-hydroxylation sites is 1. The van der Waals surface area contributed by atoms with Crippen LogP contribution in [-0.2, 0) is 6.54 Å². The first kappa shape index (κ1) is 18.5. The van der Waals surface area contributed by atoms with E-state index in [0.29, 0.717) is 29.6 Å². The minimum absolute atomic E-state index is 0.0482. The molecule has 25 heavy (non-hydrogen) atoms. The molecule has 2 aromatic carbocycles. The van der Waals surface area contributed by atoms with E-state index in [4.69, 9.17) is 21.7 Å². The number of nitrogens with zero attached hydrogens (tertiary/aromatic N) is 1. The fraction of sp³-hybridized carbons (Fsp3) is 0.222. The van der Waals surface area contributed by atoms with Crippen molar-refractivity contribution in [1.29, 1.82) is 0 Å². The van der Waals surface area contributed by atoms with Gasteiger partial charge in [0, 0.05) is 12.1 Å². The summed E-state index contributed by atoms with van der Waals surface area (Å²) in [4.78, 5) is 0. The normalized spacial score (nSPS) is 10.5. The number of phenolic OH excluding ortho intramolecular Hbond substituents is 1. The monoisotopic (exact) mass is 359 g/mol. The highest BCUT2D eigenvalue weighted by Crippen LogP contribution is 2.28. The molecule has 0 amide bonds. The number of rotatable bonds is 7. The molecule has 0 aliphatic rings. The van der Waals surface area contributed by atoms with Crippen LogP contribution in [0.4, 0.5) is 0 Å². The smallest absolute Gasteiger partial charge is 0.187 e. The van der Waals surface area contributed by atoms with Gasteiger partial charge in [0.2, 0.25) is 0 Å². The van der Waals surface area contributed by atoms with Crippen LogP contribution in [-0.4, -0.2) is 30.2 Å². The standard InChI is InChI=1S/C18H21N3O3S/c1-3-24-16-6-4-5-14(17(16)22)12-20-21-18(25)19-11-13-7-9-15(23-2)10-8-13/h4-10,12,22H,3,11H2,1-2H3,(H2,19,21,25)/b20-12+. The van der Waals surface area contributed by atoms with Gasteiger partial charge >= 0.3 is 0 Å². The van der Waals surface area contributed by atoms with Gasteiger partial charge in [-0.2, -0.15) is 5.10 Å². The fourth-order valence-corrected chi connectivity index (χ4v) is 2.17. The highest BCUT2D eigenvalue weighted by atomic mass is 32.1. The second kappa shape index (κ2) is 9.48. The first-order valence-corrected chi connectivity index (χ1v) is 8.19. The Labute approximate surface area is 152 Å². The Hall–Kier alpha value is -2.80. The molecule has 0 fully saturated rings. The van der Waals surface area contributed by atoms with Crippen LogP contribution in [0.5, 0.6) is 17.2 Å². The van der Waals surface area contributed by atoms with Crippen LogP contribution in [0.15, 0.2) is 47.6 Å². The predicted molar refractivity (Wildman–Crippen MR) is 102 cm³/mol. The lowest BCUT2D eigenvalue weighted by molar-refractivity contribution is 0.318. The van der Waals surface area contributed by atoms with Crippen molar-refractivity contribution in [2.75, 3.05) is 13.7 Å². The van der Waals surface area contributed by atoms with Gasteiger partial charge in [-0.3, -0.25) is 5.43 Å². The minimum Gasteiger partial charge on any atom is -0.504 e. The molecule has 0 bridgehead atoms. The van der Waals surface area contributed by atoms with Crippen LogP contribution in [0.25, 0.3) is 0 Å². The summed E-state index contributed by atoms with van der Waals surface area (Å²) in [6.45, 7) is 2.90. The molecule has 0 aliphatic heterocycles. The van der Waals surface area contributed by atoms with E-state index in [-0.39, 0.29) is 5.75 Å². The summed E-state index contributed by atoms with van der Waals surface area (Å²) >= 11 is 5.17. The van der Waals surface area contributed by atoms with E-state index in [9.17, 15) is 5.11 Å². The van der Waals surface area contributed by atoms with Gasteiger partial charge in [-0.1, -0.05) is 18.2 Å². The lowest BCUT2D eigenvalue weighted by atomic mass is 10.2. The average molecular weight is 359 g/mol. The molecule has 2 aromatic rings. The maximum Gasteiger partial charge on any atom is 0.187 e. The summed E-state index contributed by atoms with van der Waals surface area (Å²) in [5.41, 5.74) is 4.32. The molecule has 0 aliphatic carbocycles. The number of hydrogen-bond acceptors (Lipinski definition) is 5. The molecule has 3 N–H and O–H groups in total. The number of phenols is 1. The molecule has 0 radical (unpaired) electrons. The van der Waals surface area contributed by atoms with Gasteiger partial charge in [0.1, 0.15) is 5.75 Å². The second-order valence-corrected chi connectivity index (χ2v) is 5.44. The molecule has 0 atom stereocenters. The van der Waals surface area contributed by atoms with E-state index in [0.717, 1.165) is 11.3 Å². The highest BCUT2D eigenvalue weighted by Gasteiger charge is 2.05. The van der Waals surface area contributed by atoms with Gasteiger partial charge in [0.05, 0.1) is 19.9 Å². The van der Waals surface area contributed by atoms with E-state index in [1.807, 2.05) is 31.2 Å². The Kier molecular flexibility index (Phi) is 7.03. The molecule has 0 saturated carbocycles. The Morgan fingerprint density at radius 3 is 2.68 bits per heavy atom. The van der Waals surface area contributed by atoms with Crippen molar-refractivity contribution in [3.8, 4) is 17.2 Å². The quantitative estimate of drug-likeness (QED) is 0.401. The van der Waals surface area contributed by atoms with Crippen LogP contribution in [0.1, 0.15) is 18.1 Å². The predicted octanol–water partition coefficient (Wildman–Crippen LogP) is 2.80. The van der Waals surface area contributed by atoms with E-state index < -0.39 is 0 Å². The van der Waals surface area contributed by atoms with E-state index in [1.165, 1.54) is 6.21 Å². The zero-order valence-corrected chi connectivity index (χ0v) is 15.0. The summed E-state index contributed by atoms with van der Waals surface area (Å²) in [7, 11) is 1.63. The lowest BCUT2D eigenvalue weighted by Crippen LogP contribution is -2.31. The summed E-state index contributed by atoms with van der Waals surface area (Å²) in [5.74, 6) is 1.28. The van der Waals surface area contributed by atoms with Crippen molar-refractivity contribution < 1.29 is 14.6 Å². The van der Waals surface area contributed by atoms with Crippen LogP contribution in [0.2, 0.25) is 0 Å². The third kappa shape index (κ3) is 5.65. The van der Waals surface area contributed by atoms with Crippen molar-refractivity contribution in [3.05, 3.63) is 53.6 Å². The number of nitrogens with one attached hydrogen (secondary N) is 2. The van der Waals surface area contributed by atoms with Gasteiger partial charge < -0.3 is 19.9 Å². The second-order valence-electron chi connectivity index (χ2n) is 5.03. The maximum atomic E-state index is 10.1. The van der Waals surface area contributed by atoms with Crippen molar-refractivity contribution in [2.45, 2.75) is 13.5 Å². The van der Waals surface area contributed by atoms with E-state index in [2.05, 4.69) is 15.8 Å². The Bertz CT molecular complexity index is 733. The molecule has 0 aromatic heterocycles. The van der Waals surface area contributed by atoms with Crippen LogP contribution in [0.3, 0.4) is 0 Å². The van der Waals surface area contributed by atoms with Crippen molar-refractivity contribution >= 4 is 23.5 Å². The molecule has 0 saturated heterocycles. The number of methoxy groups -OCH3 is 1. The maximum absolute atomic E-state index is 10.1. The Morgan fingerprint density at radius 1 is 1.24 bits per heavy atom. The lowest BCUT2D eigenvalue weighted by Gasteiger charge is -2.09. The zero-order valence-electron chi connectivity index (χ0n) is 14.2. The van der Waals surface area contributed by atoms with Crippen molar-refractivity contribution in [3.63, 3.8) is 0 Å². The van der Waals surface area contributed by atoms with Gasteiger partial charge in [-0.15, -0.1) is 0 Å². The minimum atomic E-state index is 0.0482. The number of ether oxygens (including phenoxy) is 2. The molecule has 0 spiro atoms. The molecule has 132 valence electrons. The first-order valence-electron chi connectivity index (χ1n) is 7.78. The summed E-state index contributed by atoms with van der Waals surface area (Å²) in [5, 5.41) is 17.5. The van der Waals surface area contributed by atoms with E-state index >= 15 is 0 Å². The van der Waals surface area contributed by atoms with Gasteiger partial charge in [0.15, 0.2) is 16.6 Å². The third-order valence-electron chi connectivity index (χ3n) is 3.31. The number of hydrogen-bond donors (Lipinski definition) is 3. The average Bonchev–Trinajstić information content (AvgIpc) is 2.63. The molecular weight excluding hydrogens is 338 g/mol. The molecular formula is C18H21N3O3S. The van der Waals surface area contributed by atoms with Crippen LogP contribution >= 0.6 is 12.2 Å². The molecule has 0 heterocycles. The topological polar surface area (TPSA) is 75.1 Å². The fourth-order valence-electron chi connectivity index (χ4n) is 2.04. The van der Waals surface area contributed by atoms with Crippen molar-refractivity contribution in [2.24, 2.45) is 5.10 Å². The number of thiocarbonyl (C=S) groups is 1. The molecule has 0 unspecified atom stereocenters. The van der Waals surface area contributed by atoms with Crippen LogP contribution < -0.4 is 20.2 Å². The van der Waals surface area contributed by atoms with Crippen LogP contribution in [0, 0.1) is 0 Å².